The van der Waals surface area contributed by atoms with Crippen LogP contribution >= 0.6 is 12.6 Å². The molecule has 1 aliphatic rings. The third kappa shape index (κ3) is 4.55. The number of hydrogen-bond donors (Lipinski definition) is 2. The second-order valence-electron chi connectivity index (χ2n) is 5.20. The van der Waals surface area contributed by atoms with E-state index in [1.54, 1.807) is 0 Å². The van der Waals surface area contributed by atoms with Crippen molar-refractivity contribution >= 4 is 18.5 Å². The van der Waals surface area contributed by atoms with Gasteiger partial charge in [-0.1, -0.05) is 19.1 Å². The van der Waals surface area contributed by atoms with E-state index in [4.69, 9.17) is 0 Å². The molecule has 1 unspecified atom stereocenters. The summed E-state index contributed by atoms with van der Waals surface area (Å²) in [5.74, 6) is 0.727. The van der Waals surface area contributed by atoms with Crippen molar-refractivity contribution in [2.45, 2.75) is 24.7 Å². The zero-order valence-electron chi connectivity index (χ0n) is 11.4. The van der Waals surface area contributed by atoms with Gasteiger partial charge in [0.05, 0.1) is 6.42 Å². The summed E-state index contributed by atoms with van der Waals surface area (Å²) in [7, 11) is 0. The Morgan fingerprint density at radius 3 is 2.79 bits per heavy atom. The largest absolute Gasteiger partial charge is 0.355 e. The maximum absolute atomic E-state index is 11.9. The first-order valence-electron chi connectivity index (χ1n) is 6.94. The van der Waals surface area contributed by atoms with E-state index in [1.807, 2.05) is 24.3 Å². The predicted molar refractivity (Wildman–Crippen MR) is 80.6 cm³/mol. The zero-order chi connectivity index (χ0) is 13.7. The molecular weight excluding hydrogens is 256 g/mol. The van der Waals surface area contributed by atoms with Crippen molar-refractivity contribution in [1.29, 1.82) is 0 Å². The maximum Gasteiger partial charge on any atom is 0.224 e. The Bertz CT molecular complexity index is 419. The average Bonchev–Trinajstić information content (AvgIpc) is 2.87. The Hall–Kier alpha value is -1.00. The van der Waals surface area contributed by atoms with Gasteiger partial charge in [-0.2, -0.15) is 0 Å². The number of carbonyl (C=O) groups excluding carboxylic acids is 1. The Morgan fingerprint density at radius 2 is 2.16 bits per heavy atom. The summed E-state index contributed by atoms with van der Waals surface area (Å²) < 4.78 is 0. The van der Waals surface area contributed by atoms with Gasteiger partial charge in [0.25, 0.3) is 0 Å². The van der Waals surface area contributed by atoms with E-state index in [0.29, 0.717) is 12.3 Å². The van der Waals surface area contributed by atoms with Crippen molar-refractivity contribution in [3.8, 4) is 0 Å². The molecule has 1 aromatic rings. The molecule has 0 radical (unpaired) electrons. The SMILES string of the molecule is CCN1CCC(CNC(=O)Cc2ccc(S)cc2)C1. The molecule has 1 aliphatic heterocycles. The van der Waals surface area contributed by atoms with Crippen molar-refractivity contribution in [1.82, 2.24) is 10.2 Å². The molecule has 1 fully saturated rings. The second kappa shape index (κ2) is 6.96. The number of nitrogens with one attached hydrogen (secondary N) is 1. The summed E-state index contributed by atoms with van der Waals surface area (Å²) in [4.78, 5) is 15.2. The number of carbonyl (C=O) groups is 1. The zero-order valence-corrected chi connectivity index (χ0v) is 12.3. The standard InChI is InChI=1S/C15H22N2OS/c1-2-17-8-7-13(11-17)10-16-15(18)9-12-3-5-14(19)6-4-12/h3-6,13,19H,2,7-11H2,1H3,(H,16,18). The van der Waals surface area contributed by atoms with Gasteiger partial charge in [0.15, 0.2) is 0 Å². The van der Waals surface area contributed by atoms with Crippen molar-refractivity contribution in [2.75, 3.05) is 26.2 Å². The van der Waals surface area contributed by atoms with E-state index in [2.05, 4.69) is 29.8 Å². The van der Waals surface area contributed by atoms with Gasteiger partial charge in [-0.05, 0) is 43.1 Å². The minimum atomic E-state index is 0.113. The molecule has 104 valence electrons. The molecule has 1 heterocycles. The normalized spacial score (nSPS) is 19.6. The quantitative estimate of drug-likeness (QED) is 0.807. The molecule has 0 aromatic heterocycles. The number of thiol groups is 1. The van der Waals surface area contributed by atoms with Crippen LogP contribution in [0.25, 0.3) is 0 Å². The fourth-order valence-corrected chi connectivity index (χ4v) is 2.64. The monoisotopic (exact) mass is 278 g/mol. The highest BCUT2D eigenvalue weighted by atomic mass is 32.1. The molecule has 0 bridgehead atoms. The fourth-order valence-electron chi connectivity index (χ4n) is 2.49. The highest BCUT2D eigenvalue weighted by molar-refractivity contribution is 7.80. The van der Waals surface area contributed by atoms with E-state index >= 15 is 0 Å². The van der Waals surface area contributed by atoms with Gasteiger partial charge in [-0.3, -0.25) is 4.79 Å². The lowest BCUT2D eigenvalue weighted by Gasteiger charge is -2.13. The molecule has 1 N–H and O–H groups in total. The summed E-state index contributed by atoms with van der Waals surface area (Å²) in [6.45, 7) is 6.39. The van der Waals surface area contributed by atoms with Crippen LogP contribution in [-0.4, -0.2) is 37.0 Å². The lowest BCUT2D eigenvalue weighted by Crippen LogP contribution is -2.32. The van der Waals surface area contributed by atoms with E-state index in [-0.39, 0.29) is 5.91 Å². The van der Waals surface area contributed by atoms with Crippen LogP contribution in [0.3, 0.4) is 0 Å². The number of likely N-dealkylation sites (tertiary alicyclic amines) is 1. The van der Waals surface area contributed by atoms with Crippen LogP contribution < -0.4 is 5.32 Å². The van der Waals surface area contributed by atoms with Gasteiger partial charge in [0, 0.05) is 18.0 Å². The minimum absolute atomic E-state index is 0.113. The van der Waals surface area contributed by atoms with Crippen molar-refractivity contribution < 1.29 is 4.79 Å². The molecule has 1 aromatic carbocycles. The van der Waals surface area contributed by atoms with Gasteiger partial charge in [-0.25, -0.2) is 0 Å². The van der Waals surface area contributed by atoms with Crippen molar-refractivity contribution in [3.63, 3.8) is 0 Å². The topological polar surface area (TPSA) is 32.3 Å². The Morgan fingerprint density at radius 1 is 1.42 bits per heavy atom. The first-order valence-corrected chi connectivity index (χ1v) is 7.39. The molecule has 0 spiro atoms. The molecule has 2 rings (SSSR count). The third-order valence-corrected chi connectivity index (χ3v) is 4.00. The smallest absolute Gasteiger partial charge is 0.224 e. The Balaban J connectivity index is 1.71. The van der Waals surface area contributed by atoms with E-state index in [0.717, 1.165) is 30.1 Å². The van der Waals surface area contributed by atoms with Crippen LogP contribution in [0.1, 0.15) is 18.9 Å². The van der Waals surface area contributed by atoms with Crippen LogP contribution in [0.2, 0.25) is 0 Å². The van der Waals surface area contributed by atoms with E-state index in [9.17, 15) is 4.79 Å². The molecule has 1 atom stereocenters. The Kier molecular flexibility index (Phi) is 5.28. The first-order chi connectivity index (χ1) is 9.17. The van der Waals surface area contributed by atoms with E-state index in [1.165, 1.54) is 13.0 Å². The molecule has 0 saturated carbocycles. The third-order valence-electron chi connectivity index (χ3n) is 3.71. The summed E-state index contributed by atoms with van der Waals surface area (Å²) in [5.41, 5.74) is 1.04. The second-order valence-corrected chi connectivity index (χ2v) is 5.71. The molecule has 19 heavy (non-hydrogen) atoms. The number of amides is 1. The highest BCUT2D eigenvalue weighted by Crippen LogP contribution is 2.14. The summed E-state index contributed by atoms with van der Waals surface area (Å²) in [6.07, 6.45) is 1.65. The number of nitrogens with zero attached hydrogens (tertiary/aromatic N) is 1. The fraction of sp³-hybridized carbons (Fsp3) is 0.533. The van der Waals surface area contributed by atoms with Gasteiger partial charge in [-0.15, -0.1) is 12.6 Å². The molecule has 1 saturated heterocycles. The maximum atomic E-state index is 11.9. The Labute approximate surface area is 120 Å². The lowest BCUT2D eigenvalue weighted by atomic mass is 10.1. The summed E-state index contributed by atoms with van der Waals surface area (Å²) in [5, 5.41) is 3.05. The van der Waals surface area contributed by atoms with Crippen LogP contribution in [0.5, 0.6) is 0 Å². The first kappa shape index (κ1) is 14.4. The molecular formula is C15H22N2OS. The molecule has 4 heteroatoms. The molecule has 1 amide bonds. The minimum Gasteiger partial charge on any atom is -0.355 e. The predicted octanol–water partition coefficient (Wildman–Crippen LogP) is 1.98. The molecule has 3 nitrogen and oxygen atoms in total. The lowest BCUT2D eigenvalue weighted by molar-refractivity contribution is -0.120. The summed E-state index contributed by atoms with van der Waals surface area (Å²) in [6, 6.07) is 7.75. The van der Waals surface area contributed by atoms with Crippen LogP contribution in [0.4, 0.5) is 0 Å². The van der Waals surface area contributed by atoms with Gasteiger partial charge in [0.1, 0.15) is 0 Å². The number of benzene rings is 1. The molecule has 0 aliphatic carbocycles. The number of hydrogen-bond acceptors (Lipinski definition) is 3. The van der Waals surface area contributed by atoms with Gasteiger partial charge in [0.2, 0.25) is 5.91 Å². The average molecular weight is 278 g/mol. The van der Waals surface area contributed by atoms with Crippen molar-refractivity contribution in [3.05, 3.63) is 29.8 Å². The van der Waals surface area contributed by atoms with E-state index < -0.39 is 0 Å². The van der Waals surface area contributed by atoms with Crippen LogP contribution in [0, 0.1) is 5.92 Å². The summed E-state index contributed by atoms with van der Waals surface area (Å²) >= 11 is 4.24. The van der Waals surface area contributed by atoms with Crippen LogP contribution in [-0.2, 0) is 11.2 Å². The number of rotatable bonds is 5. The van der Waals surface area contributed by atoms with Gasteiger partial charge >= 0.3 is 0 Å². The van der Waals surface area contributed by atoms with Crippen LogP contribution in [0.15, 0.2) is 29.2 Å². The highest BCUT2D eigenvalue weighted by Gasteiger charge is 2.21. The van der Waals surface area contributed by atoms with Gasteiger partial charge < -0.3 is 10.2 Å². The van der Waals surface area contributed by atoms with Crippen molar-refractivity contribution in [2.24, 2.45) is 5.92 Å².